The van der Waals surface area contributed by atoms with Gasteiger partial charge in [-0.3, -0.25) is 0 Å². The van der Waals surface area contributed by atoms with Crippen LogP contribution >= 0.6 is 0 Å². The molecule has 0 aromatic heterocycles. The molecule has 1 aromatic carbocycles. The Bertz CT molecular complexity index is 453. The van der Waals surface area contributed by atoms with Gasteiger partial charge in [-0.25, -0.2) is 0 Å². The van der Waals surface area contributed by atoms with Crippen molar-refractivity contribution in [2.24, 2.45) is 11.8 Å². The first-order chi connectivity index (χ1) is 10.3. The number of nitrogens with one attached hydrogen (secondary N) is 1. The van der Waals surface area contributed by atoms with Crippen molar-refractivity contribution in [3.8, 4) is 5.75 Å². The summed E-state index contributed by atoms with van der Waals surface area (Å²) >= 11 is 0. The van der Waals surface area contributed by atoms with E-state index in [1.54, 1.807) is 0 Å². The van der Waals surface area contributed by atoms with Crippen LogP contribution in [0.1, 0.15) is 64.0 Å². The summed E-state index contributed by atoms with van der Waals surface area (Å²) in [4.78, 5) is 0. The average molecular weight is 287 g/mol. The largest absolute Gasteiger partial charge is 0.493 e. The Labute approximate surface area is 129 Å². The Morgan fingerprint density at radius 3 is 2.71 bits per heavy atom. The quantitative estimate of drug-likeness (QED) is 0.866. The SMILES string of the molecule is CCC(NC1c2ccccc2OCC1C)C1CCCCC1. The lowest BCUT2D eigenvalue weighted by atomic mass is 9.81. The van der Waals surface area contributed by atoms with Crippen molar-refractivity contribution >= 4 is 0 Å². The fourth-order valence-corrected chi connectivity index (χ4v) is 4.10. The van der Waals surface area contributed by atoms with Gasteiger partial charge in [0, 0.05) is 23.6 Å². The molecule has 0 radical (unpaired) electrons. The van der Waals surface area contributed by atoms with E-state index in [0.717, 1.165) is 18.3 Å². The monoisotopic (exact) mass is 287 g/mol. The number of benzene rings is 1. The molecule has 1 N–H and O–H groups in total. The van der Waals surface area contributed by atoms with Crippen molar-refractivity contribution in [1.29, 1.82) is 0 Å². The van der Waals surface area contributed by atoms with E-state index in [1.807, 2.05) is 0 Å². The summed E-state index contributed by atoms with van der Waals surface area (Å²) in [5.74, 6) is 2.48. The van der Waals surface area contributed by atoms with Crippen LogP contribution in [-0.4, -0.2) is 12.6 Å². The zero-order valence-electron chi connectivity index (χ0n) is 13.5. The summed E-state index contributed by atoms with van der Waals surface area (Å²) in [6.45, 7) is 5.47. The van der Waals surface area contributed by atoms with Crippen LogP contribution in [0, 0.1) is 11.8 Å². The van der Waals surface area contributed by atoms with E-state index in [9.17, 15) is 0 Å². The third kappa shape index (κ3) is 3.26. The standard InChI is InChI=1S/C19H29NO/c1-3-17(15-9-5-4-6-10-15)20-19-14(2)13-21-18-12-8-7-11-16(18)19/h7-8,11-12,14-15,17,19-20H,3-6,9-10,13H2,1-2H3. The molecule has 2 aliphatic rings. The molecule has 2 heteroatoms. The van der Waals surface area contributed by atoms with Crippen LogP contribution in [-0.2, 0) is 0 Å². The van der Waals surface area contributed by atoms with Crippen LogP contribution in [0.25, 0.3) is 0 Å². The first-order valence-electron chi connectivity index (χ1n) is 8.77. The lowest BCUT2D eigenvalue weighted by molar-refractivity contribution is 0.159. The van der Waals surface area contributed by atoms with Crippen molar-refractivity contribution in [2.45, 2.75) is 64.5 Å². The number of rotatable bonds is 4. The molecule has 1 saturated carbocycles. The second-order valence-electron chi connectivity index (χ2n) is 6.88. The van der Waals surface area contributed by atoms with E-state index in [0.29, 0.717) is 18.0 Å². The molecule has 0 bridgehead atoms. The number of ether oxygens (including phenoxy) is 1. The van der Waals surface area contributed by atoms with Crippen molar-refractivity contribution in [3.63, 3.8) is 0 Å². The first kappa shape index (κ1) is 14.9. The second-order valence-corrected chi connectivity index (χ2v) is 6.88. The van der Waals surface area contributed by atoms with Crippen molar-refractivity contribution in [2.75, 3.05) is 6.61 Å². The highest BCUT2D eigenvalue weighted by Gasteiger charge is 2.31. The highest BCUT2D eigenvalue weighted by molar-refractivity contribution is 5.38. The maximum absolute atomic E-state index is 5.89. The predicted molar refractivity (Wildman–Crippen MR) is 87.6 cm³/mol. The topological polar surface area (TPSA) is 21.3 Å². The van der Waals surface area contributed by atoms with Crippen LogP contribution < -0.4 is 10.1 Å². The van der Waals surface area contributed by atoms with Crippen molar-refractivity contribution in [3.05, 3.63) is 29.8 Å². The Hall–Kier alpha value is -1.02. The van der Waals surface area contributed by atoms with Gasteiger partial charge in [-0.1, -0.05) is 51.3 Å². The van der Waals surface area contributed by atoms with Gasteiger partial charge in [-0.2, -0.15) is 0 Å². The van der Waals surface area contributed by atoms with Crippen LogP contribution in [0.5, 0.6) is 5.75 Å². The highest BCUT2D eigenvalue weighted by Crippen LogP contribution is 2.37. The zero-order valence-corrected chi connectivity index (χ0v) is 13.5. The molecule has 0 spiro atoms. The summed E-state index contributed by atoms with van der Waals surface area (Å²) in [5, 5.41) is 4.00. The highest BCUT2D eigenvalue weighted by atomic mass is 16.5. The fraction of sp³-hybridized carbons (Fsp3) is 0.684. The van der Waals surface area contributed by atoms with Gasteiger partial charge in [-0.15, -0.1) is 0 Å². The van der Waals surface area contributed by atoms with Crippen LogP contribution in [0.15, 0.2) is 24.3 Å². The second kappa shape index (κ2) is 6.83. The number of fused-ring (bicyclic) bond motifs is 1. The average Bonchev–Trinajstić information content (AvgIpc) is 2.55. The zero-order chi connectivity index (χ0) is 14.7. The Balaban J connectivity index is 1.75. The predicted octanol–water partition coefficient (Wildman–Crippen LogP) is 4.70. The number of hydrogen-bond donors (Lipinski definition) is 1. The normalized spacial score (nSPS) is 27.7. The minimum atomic E-state index is 0.446. The summed E-state index contributed by atoms with van der Waals surface area (Å²) in [5.41, 5.74) is 1.35. The lowest BCUT2D eigenvalue weighted by Gasteiger charge is -2.38. The molecule has 1 aromatic rings. The molecular weight excluding hydrogens is 258 g/mol. The van der Waals surface area contributed by atoms with Gasteiger partial charge in [0.25, 0.3) is 0 Å². The summed E-state index contributed by atoms with van der Waals surface area (Å²) in [6, 6.07) is 9.65. The minimum absolute atomic E-state index is 0.446. The van der Waals surface area contributed by atoms with Gasteiger partial charge in [-0.05, 0) is 31.2 Å². The van der Waals surface area contributed by atoms with E-state index < -0.39 is 0 Å². The number of hydrogen-bond acceptors (Lipinski definition) is 2. The molecule has 0 amide bonds. The summed E-state index contributed by atoms with van der Waals surface area (Å²) in [7, 11) is 0. The molecule has 3 unspecified atom stereocenters. The van der Waals surface area contributed by atoms with Gasteiger partial charge in [0.1, 0.15) is 5.75 Å². The van der Waals surface area contributed by atoms with Gasteiger partial charge in [0.05, 0.1) is 6.61 Å². The summed E-state index contributed by atoms with van der Waals surface area (Å²) < 4.78 is 5.89. The maximum atomic E-state index is 5.89. The fourth-order valence-electron chi connectivity index (χ4n) is 4.10. The summed E-state index contributed by atoms with van der Waals surface area (Å²) in [6.07, 6.45) is 8.32. The Morgan fingerprint density at radius 1 is 1.19 bits per heavy atom. The molecule has 1 fully saturated rings. The number of para-hydroxylation sites is 1. The maximum Gasteiger partial charge on any atom is 0.124 e. The van der Waals surface area contributed by atoms with E-state index in [4.69, 9.17) is 4.74 Å². The Kier molecular flexibility index (Phi) is 4.84. The lowest BCUT2D eigenvalue weighted by Crippen LogP contribution is -2.43. The molecule has 21 heavy (non-hydrogen) atoms. The van der Waals surface area contributed by atoms with Gasteiger partial charge < -0.3 is 10.1 Å². The molecule has 1 heterocycles. The third-order valence-electron chi connectivity index (χ3n) is 5.38. The molecule has 3 rings (SSSR count). The van der Waals surface area contributed by atoms with Crippen molar-refractivity contribution in [1.82, 2.24) is 5.32 Å². The van der Waals surface area contributed by atoms with Crippen LogP contribution in [0.3, 0.4) is 0 Å². The Morgan fingerprint density at radius 2 is 1.95 bits per heavy atom. The molecule has 3 atom stereocenters. The van der Waals surface area contributed by atoms with E-state index in [2.05, 4.69) is 43.4 Å². The molecule has 1 aliphatic heterocycles. The molecule has 116 valence electrons. The molecule has 0 saturated heterocycles. The minimum Gasteiger partial charge on any atom is -0.493 e. The first-order valence-corrected chi connectivity index (χ1v) is 8.77. The van der Waals surface area contributed by atoms with Crippen LogP contribution in [0.4, 0.5) is 0 Å². The molecule has 2 nitrogen and oxygen atoms in total. The smallest absolute Gasteiger partial charge is 0.124 e. The molecular formula is C19H29NO. The van der Waals surface area contributed by atoms with E-state index in [-0.39, 0.29) is 0 Å². The van der Waals surface area contributed by atoms with Crippen molar-refractivity contribution < 1.29 is 4.74 Å². The van der Waals surface area contributed by atoms with E-state index >= 15 is 0 Å². The molecule has 1 aliphatic carbocycles. The van der Waals surface area contributed by atoms with Gasteiger partial charge >= 0.3 is 0 Å². The van der Waals surface area contributed by atoms with Crippen LogP contribution in [0.2, 0.25) is 0 Å². The van der Waals surface area contributed by atoms with E-state index in [1.165, 1.54) is 44.1 Å². The van der Waals surface area contributed by atoms with Gasteiger partial charge in [0.15, 0.2) is 0 Å². The third-order valence-corrected chi connectivity index (χ3v) is 5.38. The van der Waals surface area contributed by atoms with Gasteiger partial charge in [0.2, 0.25) is 0 Å².